The molecule has 0 spiro atoms. The minimum absolute atomic E-state index is 0.0422. The molecule has 3 amide bonds. The number of nitrogens with zero attached hydrogens (tertiary/aromatic N) is 1. The van der Waals surface area contributed by atoms with E-state index < -0.39 is 17.9 Å². The summed E-state index contributed by atoms with van der Waals surface area (Å²) in [5, 5.41) is 10.7. The van der Waals surface area contributed by atoms with Crippen LogP contribution in [-0.2, 0) is 9.59 Å². The Bertz CT molecular complexity index is 293. The zero-order chi connectivity index (χ0) is 13.4. The number of nitrogens with two attached hydrogens (primary N) is 1. The fraction of sp³-hybridized carbons (Fsp3) is 0.700. The second-order valence-electron chi connectivity index (χ2n) is 3.78. The summed E-state index contributed by atoms with van der Waals surface area (Å²) < 4.78 is 0. The molecule has 0 fully saturated rings. The molecule has 0 aromatic rings. The molecule has 0 heterocycles. The molecule has 0 rings (SSSR count). The molecule has 0 aliphatic rings. The van der Waals surface area contributed by atoms with Gasteiger partial charge < -0.3 is 10.8 Å². The molecule has 0 aromatic heterocycles. The molecule has 7 heteroatoms. The molecular formula is C10H19N3O4. The minimum atomic E-state index is -0.944. The quantitative estimate of drug-likeness (QED) is 0.572. The number of carboxylic acids is 1. The topological polar surface area (TPSA) is 113 Å². The second kappa shape index (κ2) is 7.61. The van der Waals surface area contributed by atoms with Crippen LogP contribution in [0.2, 0.25) is 0 Å². The molecular weight excluding hydrogens is 226 g/mol. The Hall–Kier alpha value is -1.63. The van der Waals surface area contributed by atoms with Gasteiger partial charge in [-0.3, -0.25) is 19.8 Å². The smallest absolute Gasteiger partial charge is 0.318 e. The number of carbonyl (C=O) groups is 3. The highest BCUT2D eigenvalue weighted by molar-refractivity contribution is 5.93. The molecule has 1 unspecified atom stereocenters. The maximum atomic E-state index is 11.2. The Kier molecular flexibility index (Phi) is 6.88. The third-order valence-electron chi connectivity index (χ3n) is 2.44. The number of aliphatic carboxylic acids is 1. The summed E-state index contributed by atoms with van der Waals surface area (Å²) in [5.74, 6) is -1.45. The van der Waals surface area contributed by atoms with Gasteiger partial charge in [0.25, 0.3) is 0 Å². The molecule has 0 aliphatic heterocycles. The Morgan fingerprint density at radius 3 is 2.41 bits per heavy atom. The molecule has 0 bridgehead atoms. The number of nitrogens with one attached hydrogen (secondary N) is 1. The third-order valence-corrected chi connectivity index (χ3v) is 2.44. The molecule has 98 valence electrons. The van der Waals surface area contributed by atoms with Crippen molar-refractivity contribution in [3.8, 4) is 0 Å². The Labute approximate surface area is 100.0 Å². The summed E-state index contributed by atoms with van der Waals surface area (Å²) in [6.07, 6.45) is 0.825. The van der Waals surface area contributed by atoms with Crippen molar-refractivity contribution in [2.24, 2.45) is 5.73 Å². The highest BCUT2D eigenvalue weighted by atomic mass is 16.4. The summed E-state index contributed by atoms with van der Waals surface area (Å²) >= 11 is 0. The summed E-state index contributed by atoms with van der Waals surface area (Å²) in [4.78, 5) is 33.9. The number of amides is 3. The lowest BCUT2D eigenvalue weighted by atomic mass is 10.2. The predicted octanol–water partition coefficient (Wildman–Crippen LogP) is -0.243. The first-order valence-corrected chi connectivity index (χ1v) is 5.42. The maximum Gasteiger partial charge on any atom is 0.318 e. The van der Waals surface area contributed by atoms with E-state index in [0.717, 1.165) is 6.42 Å². The molecule has 4 N–H and O–H groups in total. The molecule has 0 saturated carbocycles. The van der Waals surface area contributed by atoms with Gasteiger partial charge >= 0.3 is 12.0 Å². The number of carbonyl (C=O) groups excluding carboxylic acids is 2. The summed E-state index contributed by atoms with van der Waals surface area (Å²) in [7, 11) is 0. The maximum absolute atomic E-state index is 11.2. The molecule has 17 heavy (non-hydrogen) atoms. The van der Waals surface area contributed by atoms with Crippen LogP contribution in [-0.4, -0.2) is 47.0 Å². The first kappa shape index (κ1) is 15.4. The van der Waals surface area contributed by atoms with E-state index in [0.29, 0.717) is 0 Å². The van der Waals surface area contributed by atoms with Gasteiger partial charge in [0.05, 0.1) is 6.54 Å². The zero-order valence-corrected chi connectivity index (χ0v) is 10.1. The fourth-order valence-electron chi connectivity index (χ4n) is 1.33. The van der Waals surface area contributed by atoms with Crippen LogP contribution in [0.3, 0.4) is 0 Å². The lowest BCUT2D eigenvalue weighted by molar-refractivity contribution is -0.139. The Morgan fingerprint density at radius 1 is 1.41 bits per heavy atom. The molecule has 0 saturated heterocycles. The van der Waals surface area contributed by atoms with Crippen molar-refractivity contribution in [2.75, 3.05) is 13.1 Å². The van der Waals surface area contributed by atoms with Crippen molar-refractivity contribution in [3.63, 3.8) is 0 Å². The van der Waals surface area contributed by atoms with Crippen LogP contribution in [0.5, 0.6) is 0 Å². The van der Waals surface area contributed by atoms with Crippen molar-refractivity contribution in [3.05, 3.63) is 0 Å². The zero-order valence-electron chi connectivity index (χ0n) is 10.1. The van der Waals surface area contributed by atoms with Crippen LogP contribution in [0.4, 0.5) is 4.79 Å². The SMILES string of the molecule is CCC(C)N(CCC(=O)NC(N)=O)CC(=O)O. The van der Waals surface area contributed by atoms with Crippen LogP contribution in [0.25, 0.3) is 0 Å². The third kappa shape index (κ3) is 7.29. The number of primary amides is 1. The van der Waals surface area contributed by atoms with E-state index in [1.165, 1.54) is 0 Å². The number of imide groups is 1. The number of rotatable bonds is 7. The van der Waals surface area contributed by atoms with Gasteiger partial charge in [-0.25, -0.2) is 4.79 Å². The average Bonchev–Trinajstić information content (AvgIpc) is 2.21. The first-order valence-electron chi connectivity index (χ1n) is 5.42. The molecule has 0 aliphatic carbocycles. The molecule has 1 atom stereocenters. The van der Waals surface area contributed by atoms with E-state index in [2.05, 4.69) is 0 Å². The van der Waals surface area contributed by atoms with E-state index >= 15 is 0 Å². The minimum Gasteiger partial charge on any atom is -0.480 e. The molecule has 0 aromatic carbocycles. The van der Waals surface area contributed by atoms with Crippen molar-refractivity contribution < 1.29 is 19.5 Å². The van der Waals surface area contributed by atoms with E-state index in [1.54, 1.807) is 4.90 Å². The normalized spacial score (nSPS) is 12.2. The van der Waals surface area contributed by atoms with Crippen molar-refractivity contribution in [2.45, 2.75) is 32.7 Å². The predicted molar refractivity (Wildman–Crippen MR) is 61.3 cm³/mol. The number of hydrogen-bond acceptors (Lipinski definition) is 4. The summed E-state index contributed by atoms with van der Waals surface area (Å²) in [6.45, 7) is 3.97. The van der Waals surface area contributed by atoms with E-state index in [-0.39, 0.29) is 25.6 Å². The summed E-state index contributed by atoms with van der Waals surface area (Å²) in [5.41, 5.74) is 4.79. The first-order chi connectivity index (χ1) is 7.86. The van der Waals surface area contributed by atoms with Crippen LogP contribution in [0.1, 0.15) is 26.7 Å². The largest absolute Gasteiger partial charge is 0.480 e. The van der Waals surface area contributed by atoms with E-state index in [9.17, 15) is 14.4 Å². The van der Waals surface area contributed by atoms with Crippen molar-refractivity contribution >= 4 is 17.9 Å². The van der Waals surface area contributed by atoms with Gasteiger partial charge in [-0.15, -0.1) is 0 Å². The highest BCUT2D eigenvalue weighted by Gasteiger charge is 2.16. The van der Waals surface area contributed by atoms with Gasteiger partial charge in [0, 0.05) is 19.0 Å². The fourth-order valence-corrected chi connectivity index (χ4v) is 1.33. The van der Waals surface area contributed by atoms with Gasteiger partial charge in [0.15, 0.2) is 0 Å². The van der Waals surface area contributed by atoms with E-state index in [1.807, 2.05) is 19.2 Å². The average molecular weight is 245 g/mol. The van der Waals surface area contributed by atoms with Gasteiger partial charge in [-0.05, 0) is 13.3 Å². The molecule has 0 radical (unpaired) electrons. The van der Waals surface area contributed by atoms with Gasteiger partial charge in [0.2, 0.25) is 5.91 Å². The van der Waals surface area contributed by atoms with Crippen molar-refractivity contribution in [1.29, 1.82) is 0 Å². The van der Waals surface area contributed by atoms with Crippen LogP contribution in [0, 0.1) is 0 Å². The Balaban J connectivity index is 4.20. The lowest BCUT2D eigenvalue weighted by Gasteiger charge is -2.26. The standard InChI is InChI=1S/C10H19N3O4/c1-3-7(2)13(6-9(15)16)5-4-8(14)12-10(11)17/h7H,3-6H2,1-2H3,(H,15,16)(H3,11,12,14,17). The Morgan fingerprint density at radius 2 is 2.00 bits per heavy atom. The highest BCUT2D eigenvalue weighted by Crippen LogP contribution is 2.04. The number of carboxylic acid groups (broad SMARTS) is 1. The van der Waals surface area contributed by atoms with Gasteiger partial charge in [-0.1, -0.05) is 6.92 Å². The lowest BCUT2D eigenvalue weighted by Crippen LogP contribution is -2.41. The number of urea groups is 1. The van der Waals surface area contributed by atoms with Crippen LogP contribution in [0.15, 0.2) is 0 Å². The van der Waals surface area contributed by atoms with Gasteiger partial charge in [-0.2, -0.15) is 0 Å². The summed E-state index contributed by atoms with van der Waals surface area (Å²) in [6, 6.07) is -0.837. The van der Waals surface area contributed by atoms with Crippen molar-refractivity contribution in [1.82, 2.24) is 10.2 Å². The monoisotopic (exact) mass is 245 g/mol. The van der Waals surface area contributed by atoms with Crippen LogP contribution < -0.4 is 11.1 Å². The second-order valence-corrected chi connectivity index (χ2v) is 3.78. The van der Waals surface area contributed by atoms with Gasteiger partial charge in [0.1, 0.15) is 0 Å². The number of hydrogen-bond donors (Lipinski definition) is 3. The van der Waals surface area contributed by atoms with Crippen LogP contribution >= 0.6 is 0 Å². The van der Waals surface area contributed by atoms with E-state index in [4.69, 9.17) is 10.8 Å². The molecule has 7 nitrogen and oxygen atoms in total.